The second-order valence-corrected chi connectivity index (χ2v) is 18.9. The molecule has 282 valence electrons. The summed E-state index contributed by atoms with van der Waals surface area (Å²) in [6.07, 6.45) is 0. The fourth-order valence-corrected chi connectivity index (χ4v) is 10.1. The Labute approximate surface area is 345 Å². The lowest BCUT2D eigenvalue weighted by molar-refractivity contribution is 0.585. The molecule has 9 aromatic rings. The number of nitrogens with zero attached hydrogens (tertiary/aromatic N) is 2. The molecule has 2 heterocycles. The van der Waals surface area contributed by atoms with Crippen molar-refractivity contribution >= 4 is 31.5 Å². The third-order valence-corrected chi connectivity index (χ3v) is 13.2. The van der Waals surface area contributed by atoms with Gasteiger partial charge >= 0.3 is 0 Å². The Bertz CT molecular complexity index is 2970. The van der Waals surface area contributed by atoms with Crippen LogP contribution in [0.15, 0.2) is 170 Å². The Hall–Kier alpha value is -6.16. The lowest BCUT2D eigenvalue weighted by Crippen LogP contribution is -2.30. The average Bonchev–Trinajstić information content (AvgIpc) is 3.76. The molecule has 1 aliphatic carbocycles. The Morgan fingerprint density at radius 3 is 1.67 bits per heavy atom. The van der Waals surface area contributed by atoms with Crippen molar-refractivity contribution in [3.63, 3.8) is 0 Å². The highest BCUT2D eigenvalue weighted by atomic mass is 32.1. The molecule has 0 spiro atoms. The molecule has 0 N–H and O–H groups in total. The van der Waals surface area contributed by atoms with Crippen molar-refractivity contribution in [3.8, 4) is 45.0 Å². The van der Waals surface area contributed by atoms with Crippen molar-refractivity contribution in [2.24, 2.45) is 0 Å². The molecule has 0 radical (unpaired) electrons. The van der Waals surface area contributed by atoms with E-state index in [0.717, 1.165) is 28.1 Å². The van der Waals surface area contributed by atoms with Gasteiger partial charge in [0.15, 0.2) is 5.82 Å². The molecule has 0 saturated heterocycles. The summed E-state index contributed by atoms with van der Waals surface area (Å²) < 4.78 is 2.58. The Balaban J connectivity index is 1.24. The Kier molecular flexibility index (Phi) is 8.40. The average molecular weight is 767 g/mol. The molecule has 0 amide bonds. The van der Waals surface area contributed by atoms with E-state index in [1.165, 1.54) is 64.7 Å². The maximum atomic E-state index is 5.35. The van der Waals surface area contributed by atoms with E-state index in [-0.39, 0.29) is 10.8 Å². The van der Waals surface area contributed by atoms with Crippen molar-refractivity contribution in [3.05, 3.63) is 203 Å². The fourth-order valence-electron chi connectivity index (χ4n) is 9.01. The summed E-state index contributed by atoms with van der Waals surface area (Å²) in [5.41, 5.74) is 14.7. The minimum atomic E-state index is -0.562. The van der Waals surface area contributed by atoms with Crippen LogP contribution >= 0.6 is 11.3 Å². The van der Waals surface area contributed by atoms with Gasteiger partial charge in [0, 0.05) is 36.9 Å². The molecule has 0 aliphatic heterocycles. The van der Waals surface area contributed by atoms with Gasteiger partial charge in [0.25, 0.3) is 0 Å². The zero-order valence-electron chi connectivity index (χ0n) is 34.0. The Morgan fingerprint density at radius 1 is 0.414 bits per heavy atom. The molecule has 7 aromatic carbocycles. The standard InChI is InChI=1S/C55H46N2S/c1-53(2,3)38-18-14-20-40(32-38)55(41-21-15-19-39(33-41)54(4,5)6)46-24-12-10-22-42(46)43-28-26-37(31-47(43)55)49-34-48(56-52(57-49)35-16-8-7-9-17-35)36-27-29-51-45(30-36)44-23-11-13-25-50(44)58-51/h7-34H,1-6H3. The highest BCUT2D eigenvalue weighted by Gasteiger charge is 2.47. The topological polar surface area (TPSA) is 25.8 Å². The van der Waals surface area contributed by atoms with E-state index < -0.39 is 5.41 Å². The van der Waals surface area contributed by atoms with Gasteiger partial charge in [0.1, 0.15) is 0 Å². The first-order valence-corrected chi connectivity index (χ1v) is 21.1. The van der Waals surface area contributed by atoms with Crippen molar-refractivity contribution < 1.29 is 0 Å². The molecule has 1 aliphatic rings. The van der Waals surface area contributed by atoms with Gasteiger partial charge < -0.3 is 0 Å². The van der Waals surface area contributed by atoms with Crippen LogP contribution in [0.4, 0.5) is 0 Å². The maximum absolute atomic E-state index is 5.35. The monoisotopic (exact) mass is 766 g/mol. The number of thiophene rings is 1. The maximum Gasteiger partial charge on any atom is 0.160 e. The highest BCUT2D eigenvalue weighted by molar-refractivity contribution is 7.25. The molecule has 0 fully saturated rings. The van der Waals surface area contributed by atoms with Crippen LogP contribution < -0.4 is 0 Å². The molecule has 2 nitrogen and oxygen atoms in total. The summed E-state index contributed by atoms with van der Waals surface area (Å²) in [7, 11) is 0. The molecular weight excluding hydrogens is 721 g/mol. The third-order valence-electron chi connectivity index (χ3n) is 12.1. The van der Waals surface area contributed by atoms with Crippen LogP contribution in [0.25, 0.3) is 65.2 Å². The minimum absolute atomic E-state index is 0.0171. The van der Waals surface area contributed by atoms with Gasteiger partial charge in [-0.1, -0.05) is 181 Å². The molecule has 0 saturated carbocycles. The second kappa shape index (κ2) is 13.5. The second-order valence-electron chi connectivity index (χ2n) is 17.9. The van der Waals surface area contributed by atoms with Crippen LogP contribution in [0.1, 0.15) is 74.9 Å². The lowest BCUT2D eigenvalue weighted by Gasteiger charge is -2.36. The summed E-state index contributed by atoms with van der Waals surface area (Å²) in [5, 5.41) is 2.54. The van der Waals surface area contributed by atoms with E-state index in [0.29, 0.717) is 5.82 Å². The summed E-state index contributed by atoms with van der Waals surface area (Å²) in [4.78, 5) is 10.6. The van der Waals surface area contributed by atoms with Gasteiger partial charge in [0.05, 0.1) is 16.8 Å². The summed E-state index contributed by atoms with van der Waals surface area (Å²) in [5.74, 6) is 0.717. The molecule has 2 aromatic heterocycles. The van der Waals surface area contributed by atoms with Crippen molar-refractivity contribution in [2.45, 2.75) is 57.8 Å². The normalized spacial score (nSPS) is 13.5. The molecule has 0 bridgehead atoms. The SMILES string of the molecule is CC(C)(C)c1cccc(C2(c3cccc(C(C)(C)C)c3)c3ccccc3-c3ccc(-c4cc(-c5ccc6sc7ccccc7c6c5)nc(-c5ccccc5)n4)cc32)c1. The molecule has 3 heteroatoms. The first-order chi connectivity index (χ1) is 28.0. The van der Waals surface area contributed by atoms with Gasteiger partial charge in [-0.05, 0) is 85.7 Å². The van der Waals surface area contributed by atoms with Gasteiger partial charge in [-0.15, -0.1) is 11.3 Å². The lowest BCUT2D eigenvalue weighted by atomic mass is 9.66. The molecule has 58 heavy (non-hydrogen) atoms. The van der Waals surface area contributed by atoms with Gasteiger partial charge in [0.2, 0.25) is 0 Å². The summed E-state index contributed by atoms with van der Waals surface area (Å²) in [6.45, 7) is 13.9. The van der Waals surface area contributed by atoms with E-state index >= 15 is 0 Å². The van der Waals surface area contributed by atoms with E-state index in [2.05, 4.69) is 205 Å². The van der Waals surface area contributed by atoms with Gasteiger partial charge in [-0.25, -0.2) is 9.97 Å². The van der Waals surface area contributed by atoms with E-state index in [4.69, 9.17) is 9.97 Å². The fraction of sp³-hybridized carbons (Fsp3) is 0.164. The number of hydrogen-bond acceptors (Lipinski definition) is 3. The van der Waals surface area contributed by atoms with Crippen molar-refractivity contribution in [2.75, 3.05) is 0 Å². The van der Waals surface area contributed by atoms with Crippen LogP contribution in [0.3, 0.4) is 0 Å². The van der Waals surface area contributed by atoms with Crippen molar-refractivity contribution in [1.82, 2.24) is 9.97 Å². The zero-order valence-corrected chi connectivity index (χ0v) is 34.8. The van der Waals surface area contributed by atoms with E-state index in [1.54, 1.807) is 0 Å². The van der Waals surface area contributed by atoms with E-state index in [1.807, 2.05) is 17.4 Å². The van der Waals surface area contributed by atoms with Gasteiger partial charge in [-0.2, -0.15) is 0 Å². The number of rotatable bonds is 5. The highest BCUT2D eigenvalue weighted by Crippen LogP contribution is 2.57. The third kappa shape index (κ3) is 5.91. The minimum Gasteiger partial charge on any atom is -0.228 e. The number of hydrogen-bond donors (Lipinski definition) is 0. The smallest absolute Gasteiger partial charge is 0.160 e. The molecular formula is C55H46N2S. The molecule has 0 atom stereocenters. The summed E-state index contributed by atoms with van der Waals surface area (Å²) in [6, 6.07) is 62.8. The number of aromatic nitrogens is 2. The largest absolute Gasteiger partial charge is 0.228 e. The molecule has 0 unspecified atom stereocenters. The summed E-state index contributed by atoms with van der Waals surface area (Å²) >= 11 is 1.84. The van der Waals surface area contributed by atoms with Gasteiger partial charge in [-0.3, -0.25) is 0 Å². The van der Waals surface area contributed by atoms with Crippen LogP contribution in [0.2, 0.25) is 0 Å². The first kappa shape index (κ1) is 36.2. The van der Waals surface area contributed by atoms with E-state index in [9.17, 15) is 0 Å². The number of benzene rings is 7. The van der Waals surface area contributed by atoms with Crippen LogP contribution in [-0.4, -0.2) is 9.97 Å². The van der Waals surface area contributed by atoms with Crippen molar-refractivity contribution in [1.29, 1.82) is 0 Å². The zero-order chi connectivity index (χ0) is 39.8. The predicted octanol–water partition coefficient (Wildman–Crippen LogP) is 14.8. The van der Waals surface area contributed by atoms with Crippen LogP contribution in [0, 0.1) is 0 Å². The number of fused-ring (bicyclic) bond motifs is 6. The quantitative estimate of drug-likeness (QED) is 0.174. The predicted molar refractivity (Wildman–Crippen MR) is 246 cm³/mol. The van der Waals surface area contributed by atoms with Crippen LogP contribution in [-0.2, 0) is 16.2 Å². The van der Waals surface area contributed by atoms with Crippen LogP contribution in [0.5, 0.6) is 0 Å². The Morgan fingerprint density at radius 2 is 0.983 bits per heavy atom. The first-order valence-electron chi connectivity index (χ1n) is 20.3. The molecule has 10 rings (SSSR count).